The van der Waals surface area contributed by atoms with E-state index in [1.54, 1.807) is 6.20 Å². The van der Waals surface area contributed by atoms with Gasteiger partial charge in [0, 0.05) is 50.9 Å². The lowest BCUT2D eigenvalue weighted by Gasteiger charge is -2.20. The molecule has 2 aliphatic heterocycles. The van der Waals surface area contributed by atoms with Crippen molar-refractivity contribution in [3.63, 3.8) is 0 Å². The van der Waals surface area contributed by atoms with Crippen molar-refractivity contribution >= 4 is 23.4 Å². The second-order valence-electron chi connectivity index (χ2n) is 6.33. The van der Waals surface area contributed by atoms with Crippen LogP contribution in [-0.2, 0) is 4.74 Å². The molecule has 2 N–H and O–H groups in total. The van der Waals surface area contributed by atoms with Crippen LogP contribution in [0, 0.1) is 5.92 Å². The average molecular weight is 352 g/mol. The summed E-state index contributed by atoms with van der Waals surface area (Å²) in [6.07, 6.45) is 3.94. The maximum atomic E-state index is 6.26. The molecule has 2 unspecified atom stereocenters. The SMILES string of the molecule is CCNC(=NCC1CCOC1)NC1CCN(c2ncccc2Cl)C1. The van der Waals surface area contributed by atoms with Crippen molar-refractivity contribution in [3.05, 3.63) is 23.4 Å². The minimum Gasteiger partial charge on any atom is -0.381 e. The number of guanidine groups is 1. The van der Waals surface area contributed by atoms with E-state index in [0.717, 1.165) is 64.0 Å². The summed E-state index contributed by atoms with van der Waals surface area (Å²) in [6, 6.07) is 4.10. The highest BCUT2D eigenvalue weighted by molar-refractivity contribution is 6.32. The van der Waals surface area contributed by atoms with Crippen LogP contribution in [-0.4, -0.2) is 56.4 Å². The first-order valence-corrected chi connectivity index (χ1v) is 9.12. The first kappa shape index (κ1) is 17.3. The summed E-state index contributed by atoms with van der Waals surface area (Å²) >= 11 is 6.26. The number of nitrogens with zero attached hydrogens (tertiary/aromatic N) is 3. The third-order valence-electron chi connectivity index (χ3n) is 4.44. The normalized spacial score (nSPS) is 24.4. The fourth-order valence-electron chi connectivity index (χ4n) is 3.14. The van der Waals surface area contributed by atoms with Gasteiger partial charge in [0.25, 0.3) is 0 Å². The van der Waals surface area contributed by atoms with E-state index >= 15 is 0 Å². The van der Waals surface area contributed by atoms with E-state index in [0.29, 0.717) is 17.0 Å². The van der Waals surface area contributed by atoms with Gasteiger partial charge in [0.05, 0.1) is 11.6 Å². The smallest absolute Gasteiger partial charge is 0.191 e. The number of anilines is 1. The molecule has 1 aromatic rings. The van der Waals surface area contributed by atoms with Gasteiger partial charge in [-0.1, -0.05) is 11.6 Å². The molecule has 3 heterocycles. The number of pyridine rings is 1. The molecule has 6 nitrogen and oxygen atoms in total. The highest BCUT2D eigenvalue weighted by Gasteiger charge is 2.25. The molecular weight excluding hydrogens is 326 g/mol. The van der Waals surface area contributed by atoms with Crippen molar-refractivity contribution in [3.8, 4) is 0 Å². The van der Waals surface area contributed by atoms with Gasteiger partial charge in [-0.25, -0.2) is 4.98 Å². The van der Waals surface area contributed by atoms with Crippen molar-refractivity contribution in [2.75, 3.05) is 44.3 Å². The minimum atomic E-state index is 0.348. The molecule has 1 aromatic heterocycles. The number of nitrogens with one attached hydrogen (secondary N) is 2. The first-order valence-electron chi connectivity index (χ1n) is 8.74. The van der Waals surface area contributed by atoms with Crippen LogP contribution >= 0.6 is 11.6 Å². The van der Waals surface area contributed by atoms with Crippen LogP contribution in [0.4, 0.5) is 5.82 Å². The Labute approximate surface area is 148 Å². The van der Waals surface area contributed by atoms with E-state index < -0.39 is 0 Å². The second kappa shape index (κ2) is 8.53. The average Bonchev–Trinajstić information content (AvgIpc) is 3.25. The van der Waals surface area contributed by atoms with Crippen molar-refractivity contribution in [2.45, 2.75) is 25.8 Å². The molecule has 2 fully saturated rings. The lowest BCUT2D eigenvalue weighted by atomic mass is 10.1. The molecular formula is C17H26ClN5O. The summed E-state index contributed by atoms with van der Waals surface area (Å²) in [5.41, 5.74) is 0. The molecule has 0 aromatic carbocycles. The van der Waals surface area contributed by atoms with Crippen LogP contribution in [0.25, 0.3) is 0 Å². The molecule has 2 aliphatic rings. The van der Waals surface area contributed by atoms with Crippen LogP contribution in [0.3, 0.4) is 0 Å². The van der Waals surface area contributed by atoms with E-state index in [4.69, 9.17) is 21.3 Å². The fourth-order valence-corrected chi connectivity index (χ4v) is 3.38. The second-order valence-corrected chi connectivity index (χ2v) is 6.74. The van der Waals surface area contributed by atoms with E-state index in [1.807, 2.05) is 12.1 Å². The lowest BCUT2D eigenvalue weighted by Crippen LogP contribution is -2.45. The highest BCUT2D eigenvalue weighted by atomic mass is 35.5. The molecule has 132 valence electrons. The summed E-state index contributed by atoms with van der Waals surface area (Å²) < 4.78 is 5.42. The van der Waals surface area contributed by atoms with Crippen molar-refractivity contribution in [2.24, 2.45) is 10.9 Å². The predicted octanol–water partition coefficient (Wildman–Crippen LogP) is 1.91. The lowest BCUT2D eigenvalue weighted by molar-refractivity contribution is 0.187. The number of hydrogen-bond acceptors (Lipinski definition) is 4. The van der Waals surface area contributed by atoms with Crippen LogP contribution in [0.15, 0.2) is 23.3 Å². The third kappa shape index (κ3) is 4.51. The number of ether oxygens (including phenoxy) is 1. The van der Waals surface area contributed by atoms with E-state index in [1.165, 1.54) is 0 Å². The molecule has 7 heteroatoms. The molecule has 0 spiro atoms. The molecule has 0 aliphatic carbocycles. The van der Waals surface area contributed by atoms with Gasteiger partial charge in [0.2, 0.25) is 0 Å². The predicted molar refractivity (Wildman–Crippen MR) is 97.9 cm³/mol. The molecule has 24 heavy (non-hydrogen) atoms. The third-order valence-corrected chi connectivity index (χ3v) is 4.74. The summed E-state index contributed by atoms with van der Waals surface area (Å²) in [5.74, 6) is 2.31. The standard InChI is InChI=1S/C17H26ClN5O/c1-2-19-17(21-10-13-6-9-24-12-13)22-14-5-8-23(11-14)16-15(18)4-3-7-20-16/h3-4,7,13-14H,2,5-6,8-12H2,1H3,(H2,19,21,22). The van der Waals surface area contributed by atoms with Gasteiger partial charge >= 0.3 is 0 Å². The molecule has 0 bridgehead atoms. The Kier molecular flexibility index (Phi) is 6.15. The number of hydrogen-bond donors (Lipinski definition) is 2. The number of aromatic nitrogens is 1. The van der Waals surface area contributed by atoms with Crippen LogP contribution in [0.2, 0.25) is 5.02 Å². The molecule has 3 rings (SSSR count). The zero-order chi connectivity index (χ0) is 16.8. The van der Waals surface area contributed by atoms with E-state index in [9.17, 15) is 0 Å². The molecule has 0 radical (unpaired) electrons. The minimum absolute atomic E-state index is 0.348. The number of halogens is 1. The Morgan fingerprint density at radius 1 is 1.50 bits per heavy atom. The summed E-state index contributed by atoms with van der Waals surface area (Å²) in [7, 11) is 0. The van der Waals surface area contributed by atoms with E-state index in [-0.39, 0.29) is 0 Å². The number of rotatable bonds is 5. The molecule has 2 atom stereocenters. The van der Waals surface area contributed by atoms with Gasteiger partial charge in [-0.15, -0.1) is 0 Å². The fraction of sp³-hybridized carbons (Fsp3) is 0.647. The Bertz CT molecular complexity index is 562. The monoisotopic (exact) mass is 351 g/mol. The zero-order valence-corrected chi connectivity index (χ0v) is 14.9. The quantitative estimate of drug-likeness (QED) is 0.626. The van der Waals surface area contributed by atoms with Gasteiger partial charge in [0.1, 0.15) is 5.82 Å². The summed E-state index contributed by atoms with van der Waals surface area (Å²) in [6.45, 7) is 7.29. The Hall–Kier alpha value is -1.53. The van der Waals surface area contributed by atoms with Gasteiger partial charge in [-0.2, -0.15) is 0 Å². The highest BCUT2D eigenvalue weighted by Crippen LogP contribution is 2.25. The molecule has 0 saturated carbocycles. The maximum absolute atomic E-state index is 6.26. The van der Waals surface area contributed by atoms with Crippen LogP contribution < -0.4 is 15.5 Å². The first-order chi connectivity index (χ1) is 11.8. The number of aliphatic imine (C=N–C) groups is 1. The Morgan fingerprint density at radius 2 is 2.42 bits per heavy atom. The zero-order valence-electron chi connectivity index (χ0n) is 14.2. The van der Waals surface area contributed by atoms with Crippen LogP contribution in [0.5, 0.6) is 0 Å². The van der Waals surface area contributed by atoms with Gasteiger partial charge < -0.3 is 20.3 Å². The summed E-state index contributed by atoms with van der Waals surface area (Å²) in [5, 5.41) is 7.59. The topological polar surface area (TPSA) is 61.8 Å². The largest absolute Gasteiger partial charge is 0.381 e. The van der Waals surface area contributed by atoms with Crippen molar-refractivity contribution in [1.82, 2.24) is 15.6 Å². The molecule has 0 amide bonds. The van der Waals surface area contributed by atoms with Crippen molar-refractivity contribution in [1.29, 1.82) is 0 Å². The Morgan fingerprint density at radius 3 is 3.17 bits per heavy atom. The van der Waals surface area contributed by atoms with E-state index in [2.05, 4.69) is 27.4 Å². The van der Waals surface area contributed by atoms with Gasteiger partial charge in [-0.05, 0) is 31.9 Å². The van der Waals surface area contributed by atoms with Gasteiger partial charge in [-0.3, -0.25) is 4.99 Å². The van der Waals surface area contributed by atoms with Gasteiger partial charge in [0.15, 0.2) is 5.96 Å². The summed E-state index contributed by atoms with van der Waals surface area (Å²) in [4.78, 5) is 11.4. The Balaban J connectivity index is 1.55. The maximum Gasteiger partial charge on any atom is 0.191 e. The molecule has 2 saturated heterocycles. The van der Waals surface area contributed by atoms with Crippen molar-refractivity contribution < 1.29 is 4.74 Å². The van der Waals surface area contributed by atoms with Crippen LogP contribution in [0.1, 0.15) is 19.8 Å².